The average molecular weight is 254 g/mol. The summed E-state index contributed by atoms with van der Waals surface area (Å²) in [4.78, 5) is 8.73. The number of H-pyrrole nitrogens is 1. The molecule has 3 N–H and O–H groups in total. The van der Waals surface area contributed by atoms with Gasteiger partial charge in [-0.05, 0) is 18.6 Å². The van der Waals surface area contributed by atoms with Gasteiger partial charge in [0.05, 0.1) is 11.6 Å². The molecular formula is C13H14N6. The molecule has 0 spiro atoms. The van der Waals surface area contributed by atoms with E-state index in [0.717, 1.165) is 22.5 Å². The zero-order valence-electron chi connectivity index (χ0n) is 10.7. The summed E-state index contributed by atoms with van der Waals surface area (Å²) in [5.41, 5.74) is 2.88. The van der Waals surface area contributed by atoms with E-state index in [9.17, 15) is 0 Å². The first-order valence-electron chi connectivity index (χ1n) is 5.99. The lowest BCUT2D eigenvalue weighted by atomic mass is 10.2. The summed E-state index contributed by atoms with van der Waals surface area (Å²) in [6.07, 6.45) is 1.72. The van der Waals surface area contributed by atoms with Crippen molar-refractivity contribution in [2.24, 2.45) is 0 Å². The molecule has 1 aromatic carbocycles. The number of hydrogen-bond donors (Lipinski definition) is 3. The molecule has 0 saturated heterocycles. The van der Waals surface area contributed by atoms with E-state index in [4.69, 9.17) is 0 Å². The van der Waals surface area contributed by atoms with Gasteiger partial charge in [0.25, 0.3) is 0 Å². The molecular weight excluding hydrogens is 240 g/mol. The van der Waals surface area contributed by atoms with Crippen molar-refractivity contribution in [2.75, 3.05) is 17.7 Å². The molecule has 0 unspecified atom stereocenters. The zero-order valence-corrected chi connectivity index (χ0v) is 10.7. The monoisotopic (exact) mass is 254 g/mol. The number of nitrogens with zero attached hydrogens (tertiary/aromatic N) is 3. The van der Waals surface area contributed by atoms with Gasteiger partial charge in [-0.2, -0.15) is 15.1 Å². The van der Waals surface area contributed by atoms with Gasteiger partial charge in [-0.15, -0.1) is 0 Å². The van der Waals surface area contributed by atoms with Crippen molar-refractivity contribution in [3.63, 3.8) is 0 Å². The van der Waals surface area contributed by atoms with Crippen molar-refractivity contribution >= 4 is 28.5 Å². The number of benzene rings is 1. The molecule has 0 atom stereocenters. The molecule has 3 aromatic rings. The van der Waals surface area contributed by atoms with Crippen molar-refractivity contribution < 1.29 is 0 Å². The van der Waals surface area contributed by atoms with Gasteiger partial charge in [0.15, 0.2) is 5.65 Å². The predicted molar refractivity (Wildman–Crippen MR) is 75.7 cm³/mol. The third-order valence-electron chi connectivity index (χ3n) is 2.93. The Balaban J connectivity index is 2.09. The summed E-state index contributed by atoms with van der Waals surface area (Å²) >= 11 is 0. The van der Waals surface area contributed by atoms with Gasteiger partial charge < -0.3 is 10.6 Å². The first-order valence-corrected chi connectivity index (χ1v) is 5.99. The Bertz CT molecular complexity index is 718. The van der Waals surface area contributed by atoms with Gasteiger partial charge in [-0.25, -0.2) is 0 Å². The highest BCUT2D eigenvalue weighted by molar-refractivity contribution is 5.89. The Morgan fingerprint density at radius 2 is 2.00 bits per heavy atom. The Hall–Kier alpha value is -2.63. The van der Waals surface area contributed by atoms with Crippen LogP contribution in [-0.2, 0) is 0 Å². The van der Waals surface area contributed by atoms with Gasteiger partial charge in [0.1, 0.15) is 5.82 Å². The second-order valence-electron chi connectivity index (χ2n) is 4.22. The number of nitrogens with one attached hydrogen (secondary N) is 3. The van der Waals surface area contributed by atoms with Gasteiger partial charge >= 0.3 is 0 Å². The molecule has 0 amide bonds. The number of para-hydroxylation sites is 1. The topological polar surface area (TPSA) is 78.5 Å². The molecule has 0 radical (unpaired) electrons. The summed E-state index contributed by atoms with van der Waals surface area (Å²) in [5.74, 6) is 1.28. The molecule has 0 fully saturated rings. The Labute approximate surface area is 110 Å². The largest absolute Gasteiger partial charge is 0.357 e. The minimum absolute atomic E-state index is 0.549. The fourth-order valence-electron chi connectivity index (χ4n) is 1.88. The fraction of sp³-hybridized carbons (Fsp3) is 0.154. The molecule has 0 aliphatic carbocycles. The van der Waals surface area contributed by atoms with E-state index in [0.29, 0.717) is 11.6 Å². The molecule has 0 bridgehead atoms. The van der Waals surface area contributed by atoms with Crippen molar-refractivity contribution in [1.82, 2.24) is 20.2 Å². The fourth-order valence-corrected chi connectivity index (χ4v) is 1.88. The third kappa shape index (κ3) is 2.08. The lowest BCUT2D eigenvalue weighted by Gasteiger charge is -2.10. The second kappa shape index (κ2) is 4.56. The van der Waals surface area contributed by atoms with Gasteiger partial charge in [0, 0.05) is 12.7 Å². The van der Waals surface area contributed by atoms with Crippen molar-refractivity contribution in [2.45, 2.75) is 6.92 Å². The van der Waals surface area contributed by atoms with E-state index in [2.05, 4.69) is 43.8 Å². The average Bonchev–Trinajstić information content (AvgIpc) is 2.89. The maximum atomic E-state index is 4.43. The van der Waals surface area contributed by atoms with E-state index in [1.54, 1.807) is 13.2 Å². The van der Waals surface area contributed by atoms with Crippen LogP contribution in [0.15, 0.2) is 30.5 Å². The van der Waals surface area contributed by atoms with Crippen LogP contribution in [0.25, 0.3) is 11.0 Å². The standard InChI is InChI=1S/C13H14N6/c1-8-5-3-4-6-10(8)16-11-9-7-15-19-12(9)18-13(14-2)17-11/h3-7H,1-2H3,(H3,14,15,16,17,18,19). The van der Waals surface area contributed by atoms with E-state index in [1.165, 1.54) is 0 Å². The van der Waals surface area contributed by atoms with E-state index in [-0.39, 0.29) is 0 Å². The van der Waals surface area contributed by atoms with E-state index in [1.807, 2.05) is 18.2 Å². The Morgan fingerprint density at radius 3 is 2.79 bits per heavy atom. The molecule has 2 aromatic heterocycles. The molecule has 0 aliphatic rings. The summed E-state index contributed by atoms with van der Waals surface area (Å²) in [5, 5.41) is 14.0. The molecule has 6 heteroatoms. The number of aryl methyl sites for hydroxylation is 1. The van der Waals surface area contributed by atoms with E-state index < -0.39 is 0 Å². The van der Waals surface area contributed by atoms with Crippen molar-refractivity contribution in [3.8, 4) is 0 Å². The lowest BCUT2D eigenvalue weighted by molar-refractivity contribution is 1.09. The second-order valence-corrected chi connectivity index (χ2v) is 4.22. The molecule has 2 heterocycles. The van der Waals surface area contributed by atoms with Crippen molar-refractivity contribution in [3.05, 3.63) is 36.0 Å². The predicted octanol–water partition coefficient (Wildman–Crippen LogP) is 2.45. The van der Waals surface area contributed by atoms with Crippen LogP contribution in [0, 0.1) is 6.92 Å². The number of aromatic nitrogens is 4. The van der Waals surface area contributed by atoms with Gasteiger partial charge in [-0.1, -0.05) is 18.2 Å². The summed E-state index contributed by atoms with van der Waals surface area (Å²) in [6.45, 7) is 2.05. The van der Waals surface area contributed by atoms with Crippen molar-refractivity contribution in [1.29, 1.82) is 0 Å². The van der Waals surface area contributed by atoms with E-state index >= 15 is 0 Å². The summed E-state index contributed by atoms with van der Waals surface area (Å²) in [7, 11) is 1.79. The minimum Gasteiger partial charge on any atom is -0.357 e. The molecule has 6 nitrogen and oxygen atoms in total. The molecule has 19 heavy (non-hydrogen) atoms. The normalized spacial score (nSPS) is 10.6. The Morgan fingerprint density at radius 1 is 1.16 bits per heavy atom. The van der Waals surface area contributed by atoms with Gasteiger partial charge in [0.2, 0.25) is 5.95 Å². The molecule has 0 aliphatic heterocycles. The minimum atomic E-state index is 0.549. The maximum Gasteiger partial charge on any atom is 0.226 e. The van der Waals surface area contributed by atoms with Crippen LogP contribution >= 0.6 is 0 Å². The SMILES string of the molecule is CNc1nc(Nc2ccccc2C)c2cn[nH]c2n1. The van der Waals surface area contributed by atoms with Crippen LogP contribution in [0.4, 0.5) is 17.5 Å². The van der Waals surface area contributed by atoms with Gasteiger partial charge in [-0.3, -0.25) is 5.10 Å². The molecule has 0 saturated carbocycles. The molecule has 96 valence electrons. The number of fused-ring (bicyclic) bond motifs is 1. The highest BCUT2D eigenvalue weighted by Crippen LogP contribution is 2.25. The van der Waals surface area contributed by atoms with Crippen LogP contribution < -0.4 is 10.6 Å². The highest BCUT2D eigenvalue weighted by atomic mass is 15.2. The summed E-state index contributed by atoms with van der Waals surface area (Å²) in [6, 6.07) is 8.06. The number of rotatable bonds is 3. The highest BCUT2D eigenvalue weighted by Gasteiger charge is 2.09. The number of aromatic amines is 1. The maximum absolute atomic E-state index is 4.43. The zero-order chi connectivity index (χ0) is 13.2. The smallest absolute Gasteiger partial charge is 0.226 e. The van der Waals surface area contributed by atoms with Crippen LogP contribution in [0.5, 0.6) is 0 Å². The molecule has 3 rings (SSSR count). The third-order valence-corrected chi connectivity index (χ3v) is 2.93. The van der Waals surface area contributed by atoms with Crippen LogP contribution in [0.2, 0.25) is 0 Å². The van der Waals surface area contributed by atoms with Crippen LogP contribution in [0.1, 0.15) is 5.56 Å². The number of hydrogen-bond acceptors (Lipinski definition) is 5. The first-order chi connectivity index (χ1) is 9.28. The van der Waals surface area contributed by atoms with Crippen LogP contribution in [0.3, 0.4) is 0 Å². The lowest BCUT2D eigenvalue weighted by Crippen LogP contribution is -2.02. The quantitative estimate of drug-likeness (QED) is 0.669. The first kappa shape index (κ1) is 11.5. The Kier molecular flexibility index (Phi) is 2.75. The summed E-state index contributed by atoms with van der Waals surface area (Å²) < 4.78 is 0. The van der Waals surface area contributed by atoms with Crippen LogP contribution in [-0.4, -0.2) is 27.2 Å². The number of anilines is 3.